The number of alkyl halides is 1. The lowest BCUT2D eigenvalue weighted by molar-refractivity contribution is -0.326. The van der Waals surface area contributed by atoms with Crippen LogP contribution in [0, 0.1) is 0 Å². The molecule has 0 spiro atoms. The van der Waals surface area contributed by atoms with Gasteiger partial charge in [-0.15, -0.1) is 0 Å². The molecule has 44 heavy (non-hydrogen) atoms. The Morgan fingerprint density at radius 2 is 1.14 bits per heavy atom. The maximum Gasteiger partial charge on any atom is 0.303 e. The van der Waals surface area contributed by atoms with E-state index < -0.39 is 110 Å². The van der Waals surface area contributed by atoms with E-state index in [2.05, 4.69) is 15.9 Å². The number of carbonyl (C=O) groups excluding carboxylic acids is 8. The molecule has 18 heteroatoms. The molecule has 1 saturated heterocycles. The van der Waals surface area contributed by atoms with Crippen LogP contribution < -0.4 is 0 Å². The van der Waals surface area contributed by atoms with E-state index in [1.807, 2.05) is 0 Å². The zero-order chi connectivity index (χ0) is 33.7. The fourth-order valence-corrected chi connectivity index (χ4v) is 4.46. The number of ether oxygens (including phenoxy) is 9. The summed E-state index contributed by atoms with van der Waals surface area (Å²) in [5.74, 6) is -7.19. The molecule has 8 atom stereocenters. The van der Waals surface area contributed by atoms with E-state index in [-0.39, 0.29) is 5.33 Å². The summed E-state index contributed by atoms with van der Waals surface area (Å²) in [6, 6.07) is 0. The summed E-state index contributed by atoms with van der Waals surface area (Å²) in [5, 5.41) is -0.221. The highest BCUT2D eigenvalue weighted by atomic mass is 79.9. The molecule has 0 radical (unpaired) electrons. The number of Topliss-reactive ketones (excluding diaryl/α,β-unsaturated/α-hetero) is 1. The number of halogens is 1. The highest BCUT2D eigenvalue weighted by Crippen LogP contribution is 2.32. The SMILES string of the molecule is CC(=O)OCC(=O)[C@@H](OC(C)=O)[C@H](O[C@H]1O[C@H](COC(C)=O)[C@@H](OC(C)=O)[C@H](OC(C)=O)[C@H]1OC(C)=O)[C@@H](CBr)OC(C)=O. The van der Waals surface area contributed by atoms with Gasteiger partial charge in [-0.05, 0) is 0 Å². The first-order valence-electron chi connectivity index (χ1n) is 13.0. The van der Waals surface area contributed by atoms with E-state index in [1.54, 1.807) is 0 Å². The summed E-state index contributed by atoms with van der Waals surface area (Å²) in [6.07, 6.45) is -13.3. The van der Waals surface area contributed by atoms with E-state index in [1.165, 1.54) is 0 Å². The van der Waals surface area contributed by atoms with Gasteiger partial charge in [-0.3, -0.25) is 38.4 Å². The Balaban J connectivity index is 3.81. The van der Waals surface area contributed by atoms with Crippen molar-refractivity contribution in [2.45, 2.75) is 97.5 Å². The molecule has 0 saturated carbocycles. The highest BCUT2D eigenvalue weighted by molar-refractivity contribution is 9.09. The fourth-order valence-electron chi connectivity index (χ4n) is 3.96. The van der Waals surface area contributed by atoms with Gasteiger partial charge in [-0.1, -0.05) is 15.9 Å². The smallest absolute Gasteiger partial charge is 0.303 e. The molecule has 0 amide bonds. The van der Waals surface area contributed by atoms with Gasteiger partial charge in [0.1, 0.15) is 24.9 Å². The molecule has 1 aliphatic heterocycles. The van der Waals surface area contributed by atoms with E-state index in [0.29, 0.717) is 0 Å². The van der Waals surface area contributed by atoms with Crippen molar-refractivity contribution in [3.05, 3.63) is 0 Å². The van der Waals surface area contributed by atoms with E-state index in [0.717, 1.165) is 48.5 Å². The first-order chi connectivity index (χ1) is 20.5. The molecule has 0 aromatic rings. The van der Waals surface area contributed by atoms with E-state index in [9.17, 15) is 38.4 Å². The normalized spacial score (nSPS) is 23.0. The second-order valence-electron chi connectivity index (χ2n) is 9.25. The number of esters is 7. The van der Waals surface area contributed by atoms with Crippen LogP contribution in [-0.2, 0) is 81.0 Å². The van der Waals surface area contributed by atoms with Crippen LogP contribution in [-0.4, -0.2) is 115 Å². The van der Waals surface area contributed by atoms with Crippen LogP contribution in [0.1, 0.15) is 48.5 Å². The van der Waals surface area contributed by atoms with Crippen LogP contribution in [0.3, 0.4) is 0 Å². The second-order valence-corrected chi connectivity index (χ2v) is 9.89. The van der Waals surface area contributed by atoms with Crippen molar-refractivity contribution in [3.63, 3.8) is 0 Å². The summed E-state index contributed by atoms with van der Waals surface area (Å²) in [5.41, 5.74) is 0. The van der Waals surface area contributed by atoms with Crippen molar-refractivity contribution in [2.24, 2.45) is 0 Å². The fraction of sp³-hybridized carbons (Fsp3) is 0.692. The van der Waals surface area contributed by atoms with Crippen molar-refractivity contribution in [1.29, 1.82) is 0 Å². The molecule has 1 heterocycles. The molecule has 1 rings (SSSR count). The van der Waals surface area contributed by atoms with Crippen LogP contribution in [0.2, 0.25) is 0 Å². The molecular weight excluding hydrogens is 664 g/mol. The average molecular weight is 699 g/mol. The number of ketones is 1. The van der Waals surface area contributed by atoms with Gasteiger partial charge < -0.3 is 42.6 Å². The molecule has 17 nitrogen and oxygen atoms in total. The Kier molecular flexibility index (Phi) is 15.9. The molecule has 0 unspecified atom stereocenters. The van der Waals surface area contributed by atoms with Crippen molar-refractivity contribution in [3.8, 4) is 0 Å². The largest absolute Gasteiger partial charge is 0.463 e. The second kappa shape index (κ2) is 18.2. The molecule has 0 aliphatic carbocycles. The first-order valence-corrected chi connectivity index (χ1v) is 14.1. The number of hydrogen-bond donors (Lipinski definition) is 0. The van der Waals surface area contributed by atoms with E-state index >= 15 is 0 Å². The van der Waals surface area contributed by atoms with Crippen molar-refractivity contribution in [1.82, 2.24) is 0 Å². The van der Waals surface area contributed by atoms with Crippen molar-refractivity contribution < 1.29 is 81.0 Å². The lowest BCUT2D eigenvalue weighted by Crippen LogP contribution is -2.64. The summed E-state index contributed by atoms with van der Waals surface area (Å²) in [6.45, 7) is 5.68. The predicted molar refractivity (Wildman–Crippen MR) is 143 cm³/mol. The van der Waals surface area contributed by atoms with Gasteiger partial charge in [0.15, 0.2) is 37.3 Å². The van der Waals surface area contributed by atoms with Crippen molar-refractivity contribution >= 4 is 63.5 Å². The highest BCUT2D eigenvalue weighted by Gasteiger charge is 2.55. The average Bonchev–Trinajstić information content (AvgIpc) is 2.88. The maximum atomic E-state index is 13.2. The van der Waals surface area contributed by atoms with E-state index in [4.69, 9.17) is 42.6 Å². The Morgan fingerprint density at radius 3 is 1.59 bits per heavy atom. The Hall–Kier alpha value is -3.64. The molecule has 0 bridgehead atoms. The minimum Gasteiger partial charge on any atom is -0.463 e. The minimum atomic E-state index is -1.92. The third-order valence-electron chi connectivity index (χ3n) is 5.40. The molecule has 0 N–H and O–H groups in total. The molecule has 1 fully saturated rings. The number of hydrogen-bond acceptors (Lipinski definition) is 17. The molecule has 0 aromatic heterocycles. The van der Waals surface area contributed by atoms with Gasteiger partial charge in [0, 0.05) is 53.8 Å². The Morgan fingerprint density at radius 1 is 0.636 bits per heavy atom. The molecule has 1 aliphatic rings. The minimum absolute atomic E-state index is 0.221. The standard InChI is InChI=1S/C26H35BrO17/c1-11(28)36-9-18(35)21(39-14(4)31)22(19(8-27)38-13(3)30)44-26-25(42-17(7)34)24(41-16(6)33)23(40-15(5)32)20(43-26)10-37-12(2)29/h19-26H,8-10H2,1-7H3/t19-,20-,21-,22-,23-,24+,25-,26-/m1/s1. The van der Waals surface area contributed by atoms with Gasteiger partial charge in [0.25, 0.3) is 0 Å². The summed E-state index contributed by atoms with van der Waals surface area (Å²) in [4.78, 5) is 96.4. The van der Waals surface area contributed by atoms with Gasteiger partial charge in [0.05, 0.1) is 0 Å². The zero-order valence-corrected chi connectivity index (χ0v) is 26.6. The summed E-state index contributed by atoms with van der Waals surface area (Å²) < 4.78 is 48.2. The van der Waals surface area contributed by atoms with Gasteiger partial charge >= 0.3 is 41.8 Å². The van der Waals surface area contributed by atoms with Crippen LogP contribution in [0.5, 0.6) is 0 Å². The topological polar surface area (TPSA) is 220 Å². The third-order valence-corrected chi connectivity index (χ3v) is 6.04. The summed E-state index contributed by atoms with van der Waals surface area (Å²) in [7, 11) is 0. The molecule has 0 aromatic carbocycles. The Labute approximate surface area is 260 Å². The predicted octanol–water partition coefficient (Wildman–Crippen LogP) is -0.155. The van der Waals surface area contributed by atoms with Crippen LogP contribution in [0.15, 0.2) is 0 Å². The number of rotatable bonds is 15. The maximum absolute atomic E-state index is 13.2. The molecule has 248 valence electrons. The summed E-state index contributed by atoms with van der Waals surface area (Å²) >= 11 is 3.14. The van der Waals surface area contributed by atoms with Gasteiger partial charge in [-0.25, -0.2) is 0 Å². The van der Waals surface area contributed by atoms with Crippen LogP contribution >= 0.6 is 15.9 Å². The van der Waals surface area contributed by atoms with Crippen LogP contribution in [0.25, 0.3) is 0 Å². The first kappa shape index (κ1) is 38.4. The zero-order valence-electron chi connectivity index (χ0n) is 25.1. The third kappa shape index (κ3) is 12.9. The van der Waals surface area contributed by atoms with Gasteiger partial charge in [0.2, 0.25) is 5.78 Å². The Bertz CT molecular complexity index is 1090. The lowest BCUT2D eigenvalue weighted by Gasteiger charge is -2.45. The monoisotopic (exact) mass is 698 g/mol. The quantitative estimate of drug-likeness (QED) is 0.123. The van der Waals surface area contributed by atoms with Gasteiger partial charge in [-0.2, -0.15) is 0 Å². The lowest BCUT2D eigenvalue weighted by atomic mass is 9.97. The molecular formula is C26H35BrO17. The van der Waals surface area contributed by atoms with Crippen molar-refractivity contribution in [2.75, 3.05) is 18.5 Å². The van der Waals surface area contributed by atoms with Crippen LogP contribution in [0.4, 0.5) is 0 Å². The number of carbonyl (C=O) groups is 8.